The zero-order chi connectivity index (χ0) is 15.6. The van der Waals surface area contributed by atoms with Crippen LogP contribution in [-0.4, -0.2) is 26.1 Å². The lowest BCUT2D eigenvalue weighted by atomic mass is 10.2. The van der Waals surface area contributed by atoms with Crippen molar-refractivity contribution in [2.24, 2.45) is 0 Å². The highest BCUT2D eigenvalue weighted by atomic mass is 16.5. The van der Waals surface area contributed by atoms with Gasteiger partial charge in [-0.25, -0.2) is 0 Å². The Morgan fingerprint density at radius 3 is 2.00 bits per heavy atom. The van der Waals surface area contributed by atoms with Crippen molar-refractivity contribution < 1.29 is 19.0 Å². The minimum Gasteiger partial charge on any atom is -0.493 e. The Balaban J connectivity index is 1.77. The first-order valence-electron chi connectivity index (χ1n) is 7.36. The molecule has 0 saturated heterocycles. The molecule has 0 fully saturated rings. The highest BCUT2D eigenvalue weighted by molar-refractivity contribution is 5.79. The van der Waals surface area contributed by atoms with E-state index in [1.807, 2.05) is 43.3 Å². The van der Waals surface area contributed by atoms with E-state index in [4.69, 9.17) is 14.2 Å². The molecule has 2 aromatic rings. The molecule has 116 valence electrons. The Morgan fingerprint density at radius 1 is 0.818 bits per heavy atom. The number of ether oxygens (including phenoxy) is 3. The van der Waals surface area contributed by atoms with Gasteiger partial charge in [0.15, 0.2) is 17.8 Å². The van der Waals surface area contributed by atoms with Crippen LogP contribution in [0.2, 0.25) is 0 Å². The van der Waals surface area contributed by atoms with Crippen molar-refractivity contribution in [3.63, 3.8) is 0 Å². The molecular weight excluding hydrogens is 280 g/mol. The number of aldehydes is 1. The minimum absolute atomic E-state index is 0.488. The molecule has 0 N–H and O–H groups in total. The van der Waals surface area contributed by atoms with E-state index in [-0.39, 0.29) is 0 Å². The molecule has 0 radical (unpaired) electrons. The van der Waals surface area contributed by atoms with Crippen molar-refractivity contribution in [1.29, 1.82) is 0 Å². The summed E-state index contributed by atoms with van der Waals surface area (Å²) >= 11 is 0. The molecular formula is C18H20O4. The van der Waals surface area contributed by atoms with E-state index in [1.54, 1.807) is 12.1 Å². The summed E-state index contributed by atoms with van der Waals surface area (Å²) in [6.07, 6.45) is 1.51. The van der Waals surface area contributed by atoms with Crippen molar-refractivity contribution in [3.05, 3.63) is 54.1 Å². The van der Waals surface area contributed by atoms with E-state index in [0.717, 1.165) is 17.8 Å². The van der Waals surface area contributed by atoms with Crippen LogP contribution in [0.4, 0.5) is 0 Å². The van der Waals surface area contributed by atoms with Crippen LogP contribution in [0.25, 0.3) is 0 Å². The largest absolute Gasteiger partial charge is 0.493 e. The fourth-order valence-electron chi connectivity index (χ4n) is 1.98. The van der Waals surface area contributed by atoms with E-state index in [0.29, 0.717) is 37.6 Å². The third kappa shape index (κ3) is 4.52. The minimum atomic E-state index is 0.488. The highest BCUT2D eigenvalue weighted by Crippen LogP contribution is 2.26. The fourth-order valence-corrected chi connectivity index (χ4v) is 1.98. The summed E-state index contributed by atoms with van der Waals surface area (Å²) in [4.78, 5) is 10.9. The maximum absolute atomic E-state index is 10.9. The second-order valence-corrected chi connectivity index (χ2v) is 4.59. The molecule has 0 aliphatic carbocycles. The van der Waals surface area contributed by atoms with E-state index < -0.39 is 0 Å². The second-order valence-electron chi connectivity index (χ2n) is 4.59. The quantitative estimate of drug-likeness (QED) is 0.522. The number of carbonyl (C=O) groups is 1. The molecule has 4 nitrogen and oxygen atoms in total. The lowest BCUT2D eigenvalue weighted by Crippen LogP contribution is -2.06. The molecule has 0 aliphatic rings. The molecule has 4 heteroatoms. The monoisotopic (exact) mass is 300 g/mol. The first kappa shape index (κ1) is 15.9. The molecule has 0 spiro atoms. The van der Waals surface area contributed by atoms with Gasteiger partial charge in [0.1, 0.15) is 5.75 Å². The lowest BCUT2D eigenvalue weighted by molar-refractivity contribution is 0.111. The van der Waals surface area contributed by atoms with Crippen LogP contribution in [0, 0.1) is 0 Å². The van der Waals surface area contributed by atoms with Crippen LogP contribution in [0.3, 0.4) is 0 Å². The van der Waals surface area contributed by atoms with Gasteiger partial charge in [0.05, 0.1) is 25.4 Å². The van der Waals surface area contributed by atoms with E-state index in [2.05, 4.69) is 0 Å². The zero-order valence-electron chi connectivity index (χ0n) is 12.7. The summed E-state index contributed by atoms with van der Waals surface area (Å²) in [6.45, 7) is 3.55. The fraction of sp³-hybridized carbons (Fsp3) is 0.278. The van der Waals surface area contributed by atoms with Crippen molar-refractivity contribution in [2.45, 2.75) is 13.3 Å². The Morgan fingerprint density at radius 2 is 1.36 bits per heavy atom. The standard InChI is InChI=1S/C18H20O4/c1-2-20-17-10-5-6-11-18(17)22-13-7-12-21-16-9-4-3-8-15(16)14-19/h3-6,8-11,14H,2,7,12-13H2,1H3. The smallest absolute Gasteiger partial charge is 0.161 e. The summed E-state index contributed by atoms with van der Waals surface area (Å²) in [5.41, 5.74) is 0.560. The Labute approximate surface area is 130 Å². The van der Waals surface area contributed by atoms with Gasteiger partial charge < -0.3 is 14.2 Å². The molecule has 0 saturated carbocycles. The Kier molecular flexibility index (Phi) is 6.30. The van der Waals surface area contributed by atoms with Crippen LogP contribution in [-0.2, 0) is 0 Å². The highest BCUT2D eigenvalue weighted by Gasteiger charge is 2.04. The average Bonchev–Trinajstić information content (AvgIpc) is 2.56. The number of benzene rings is 2. The third-order valence-corrected chi connectivity index (χ3v) is 3.00. The van der Waals surface area contributed by atoms with Crippen molar-refractivity contribution in [3.8, 4) is 17.2 Å². The lowest BCUT2D eigenvalue weighted by Gasteiger charge is -2.12. The normalized spacial score (nSPS) is 10.0. The van der Waals surface area contributed by atoms with Gasteiger partial charge in [-0.2, -0.15) is 0 Å². The van der Waals surface area contributed by atoms with Gasteiger partial charge >= 0.3 is 0 Å². The van der Waals surface area contributed by atoms with Gasteiger partial charge in [0.2, 0.25) is 0 Å². The van der Waals surface area contributed by atoms with Crippen molar-refractivity contribution in [2.75, 3.05) is 19.8 Å². The number of hydrogen-bond acceptors (Lipinski definition) is 4. The van der Waals surface area contributed by atoms with Crippen molar-refractivity contribution >= 4 is 6.29 Å². The second kappa shape index (κ2) is 8.72. The van der Waals surface area contributed by atoms with Gasteiger partial charge in [0, 0.05) is 6.42 Å². The zero-order valence-corrected chi connectivity index (χ0v) is 12.7. The molecule has 22 heavy (non-hydrogen) atoms. The number of carbonyl (C=O) groups excluding carboxylic acids is 1. The average molecular weight is 300 g/mol. The summed E-state index contributed by atoms with van der Waals surface area (Å²) < 4.78 is 16.8. The van der Waals surface area contributed by atoms with Gasteiger partial charge in [-0.15, -0.1) is 0 Å². The van der Waals surface area contributed by atoms with E-state index in [1.165, 1.54) is 0 Å². The third-order valence-electron chi connectivity index (χ3n) is 3.00. The van der Waals surface area contributed by atoms with Crippen molar-refractivity contribution in [1.82, 2.24) is 0 Å². The SMILES string of the molecule is CCOc1ccccc1OCCCOc1ccccc1C=O. The summed E-state index contributed by atoms with van der Waals surface area (Å²) in [5, 5.41) is 0. The molecule has 0 aliphatic heterocycles. The molecule has 0 aromatic heterocycles. The summed E-state index contributed by atoms with van der Waals surface area (Å²) in [7, 11) is 0. The molecule has 0 unspecified atom stereocenters. The maximum atomic E-state index is 10.9. The van der Waals surface area contributed by atoms with Crippen LogP contribution >= 0.6 is 0 Å². The Bertz CT molecular complexity index is 595. The topological polar surface area (TPSA) is 44.8 Å². The van der Waals surface area contributed by atoms with E-state index in [9.17, 15) is 4.79 Å². The predicted molar refractivity (Wildman–Crippen MR) is 85.0 cm³/mol. The number of hydrogen-bond donors (Lipinski definition) is 0. The number of rotatable bonds is 9. The number of para-hydroxylation sites is 3. The van der Waals surface area contributed by atoms with Gasteiger partial charge in [-0.05, 0) is 31.2 Å². The predicted octanol–water partition coefficient (Wildman–Crippen LogP) is 3.75. The first-order valence-corrected chi connectivity index (χ1v) is 7.36. The molecule has 2 aromatic carbocycles. The van der Waals surface area contributed by atoms with Crippen LogP contribution < -0.4 is 14.2 Å². The molecule has 0 heterocycles. The van der Waals surface area contributed by atoms with Crippen LogP contribution in [0.5, 0.6) is 17.2 Å². The molecule has 2 rings (SSSR count). The van der Waals surface area contributed by atoms with Gasteiger partial charge in [-0.3, -0.25) is 4.79 Å². The van der Waals surface area contributed by atoms with E-state index >= 15 is 0 Å². The first-order chi connectivity index (χ1) is 10.8. The van der Waals surface area contributed by atoms with Gasteiger partial charge in [-0.1, -0.05) is 24.3 Å². The molecule has 0 atom stereocenters. The molecule has 0 amide bonds. The molecule has 0 bridgehead atoms. The summed E-state index contributed by atoms with van der Waals surface area (Å²) in [5.74, 6) is 2.09. The van der Waals surface area contributed by atoms with Crippen LogP contribution in [0.1, 0.15) is 23.7 Å². The van der Waals surface area contributed by atoms with Gasteiger partial charge in [0.25, 0.3) is 0 Å². The van der Waals surface area contributed by atoms with Crippen LogP contribution in [0.15, 0.2) is 48.5 Å². The Hall–Kier alpha value is -2.49. The maximum Gasteiger partial charge on any atom is 0.161 e. The summed E-state index contributed by atoms with van der Waals surface area (Å²) in [6, 6.07) is 14.8.